The van der Waals surface area contributed by atoms with Gasteiger partial charge in [0.15, 0.2) is 0 Å². The molecule has 1 heterocycles. The Bertz CT molecular complexity index is 537. The van der Waals surface area contributed by atoms with Gasteiger partial charge < -0.3 is 5.32 Å². The second kappa shape index (κ2) is 5.99. The first-order chi connectivity index (χ1) is 8.56. The molecule has 3 nitrogen and oxygen atoms in total. The summed E-state index contributed by atoms with van der Waals surface area (Å²) in [6.45, 7) is 2.92. The first-order valence-corrected chi connectivity index (χ1v) is 7.31. The minimum Gasteiger partial charge on any atom is -0.304 e. The molecule has 1 unspecified atom stereocenters. The number of aromatic nitrogens is 2. The Morgan fingerprint density at radius 3 is 2.72 bits per heavy atom. The van der Waals surface area contributed by atoms with Crippen LogP contribution in [0.3, 0.4) is 0 Å². The highest BCUT2D eigenvalue weighted by Crippen LogP contribution is 2.26. The number of hydrogen-bond acceptors (Lipinski definition) is 2. The van der Waals surface area contributed by atoms with E-state index in [1.54, 1.807) is 0 Å². The number of hydrogen-bond donors (Lipinski definition) is 1. The van der Waals surface area contributed by atoms with Crippen LogP contribution < -0.4 is 5.32 Å². The molecule has 0 amide bonds. The van der Waals surface area contributed by atoms with Crippen molar-refractivity contribution < 1.29 is 0 Å². The van der Waals surface area contributed by atoms with Crippen LogP contribution in [0.4, 0.5) is 0 Å². The quantitative estimate of drug-likeness (QED) is 0.884. The average Bonchev–Trinajstić information content (AvgIpc) is 2.72. The van der Waals surface area contributed by atoms with Crippen molar-refractivity contribution in [2.24, 2.45) is 7.05 Å². The van der Waals surface area contributed by atoms with Crippen molar-refractivity contribution in [2.45, 2.75) is 19.5 Å². The van der Waals surface area contributed by atoms with E-state index in [4.69, 9.17) is 0 Å². The number of nitrogens with zero attached hydrogens (tertiary/aromatic N) is 2. The Balaban J connectivity index is 2.01. The number of benzene rings is 1. The lowest BCUT2D eigenvalue weighted by atomic mass is 10.1. The molecular formula is C13H15Br2N3. The van der Waals surface area contributed by atoms with E-state index in [-0.39, 0.29) is 6.04 Å². The lowest BCUT2D eigenvalue weighted by molar-refractivity contribution is 0.560. The summed E-state index contributed by atoms with van der Waals surface area (Å²) in [7, 11) is 1.93. The summed E-state index contributed by atoms with van der Waals surface area (Å²) < 4.78 is 4.00. The van der Waals surface area contributed by atoms with Crippen LogP contribution in [0, 0.1) is 0 Å². The van der Waals surface area contributed by atoms with Gasteiger partial charge in [0.1, 0.15) is 0 Å². The van der Waals surface area contributed by atoms with E-state index < -0.39 is 0 Å². The van der Waals surface area contributed by atoms with Gasteiger partial charge in [-0.1, -0.05) is 37.9 Å². The first-order valence-electron chi connectivity index (χ1n) is 5.73. The van der Waals surface area contributed by atoms with Gasteiger partial charge in [-0.25, -0.2) is 0 Å². The van der Waals surface area contributed by atoms with Gasteiger partial charge in [0.05, 0.1) is 5.69 Å². The third kappa shape index (κ3) is 3.43. The molecule has 18 heavy (non-hydrogen) atoms. The van der Waals surface area contributed by atoms with E-state index in [0.29, 0.717) is 0 Å². The fourth-order valence-electron chi connectivity index (χ4n) is 1.78. The summed E-state index contributed by atoms with van der Waals surface area (Å²) >= 11 is 7.05. The smallest absolute Gasteiger partial charge is 0.0762 e. The SMILES string of the molecule is CC(NCc1ccn(C)n1)c1ccc(Br)cc1Br. The molecule has 0 saturated carbocycles. The molecule has 0 bridgehead atoms. The molecule has 5 heteroatoms. The van der Waals surface area contributed by atoms with Crippen LogP contribution in [0.5, 0.6) is 0 Å². The minimum absolute atomic E-state index is 0.273. The number of nitrogens with one attached hydrogen (secondary N) is 1. The van der Waals surface area contributed by atoms with Crippen molar-refractivity contribution in [3.05, 3.63) is 50.7 Å². The highest BCUT2D eigenvalue weighted by molar-refractivity contribution is 9.11. The maximum Gasteiger partial charge on any atom is 0.0762 e. The van der Waals surface area contributed by atoms with Gasteiger partial charge in [-0.05, 0) is 30.7 Å². The summed E-state index contributed by atoms with van der Waals surface area (Å²) in [5.41, 5.74) is 2.30. The van der Waals surface area contributed by atoms with Gasteiger partial charge in [-0.3, -0.25) is 4.68 Å². The highest BCUT2D eigenvalue weighted by atomic mass is 79.9. The van der Waals surface area contributed by atoms with E-state index in [2.05, 4.69) is 67.4 Å². The van der Waals surface area contributed by atoms with Crippen molar-refractivity contribution >= 4 is 31.9 Å². The van der Waals surface area contributed by atoms with Crippen LogP contribution in [0.15, 0.2) is 39.4 Å². The molecule has 0 aliphatic heterocycles. The third-order valence-corrected chi connectivity index (χ3v) is 3.97. The Hall–Kier alpha value is -0.650. The first kappa shape index (κ1) is 13.8. The maximum absolute atomic E-state index is 4.35. The molecule has 1 N–H and O–H groups in total. The van der Waals surface area contributed by atoms with Crippen molar-refractivity contribution in [3.63, 3.8) is 0 Å². The van der Waals surface area contributed by atoms with Gasteiger partial charge in [-0.15, -0.1) is 0 Å². The van der Waals surface area contributed by atoms with E-state index in [1.807, 2.05) is 24.0 Å². The monoisotopic (exact) mass is 371 g/mol. The standard InChI is InChI=1S/C13H15Br2N3/c1-9(12-4-3-10(14)7-13(12)15)16-8-11-5-6-18(2)17-11/h3-7,9,16H,8H2,1-2H3. The summed E-state index contributed by atoms with van der Waals surface area (Å²) in [5, 5.41) is 7.82. The van der Waals surface area contributed by atoms with Crippen LogP contribution in [-0.2, 0) is 13.6 Å². The predicted octanol–water partition coefficient (Wildman–Crippen LogP) is 3.80. The van der Waals surface area contributed by atoms with Gasteiger partial charge in [0, 0.05) is 34.8 Å². The minimum atomic E-state index is 0.273. The molecule has 0 fully saturated rings. The Morgan fingerprint density at radius 1 is 1.33 bits per heavy atom. The fourth-order valence-corrected chi connectivity index (χ4v) is 3.17. The highest BCUT2D eigenvalue weighted by Gasteiger charge is 2.09. The molecule has 1 atom stereocenters. The zero-order chi connectivity index (χ0) is 13.1. The molecule has 96 valence electrons. The molecule has 0 radical (unpaired) electrons. The van der Waals surface area contributed by atoms with Crippen LogP contribution in [0.2, 0.25) is 0 Å². The molecule has 0 aliphatic carbocycles. The Morgan fingerprint density at radius 2 is 2.11 bits per heavy atom. The van der Waals surface area contributed by atoms with Gasteiger partial charge in [-0.2, -0.15) is 5.10 Å². The van der Waals surface area contributed by atoms with E-state index in [0.717, 1.165) is 21.2 Å². The molecule has 2 rings (SSSR count). The summed E-state index contributed by atoms with van der Waals surface area (Å²) in [5.74, 6) is 0. The molecule has 0 aliphatic rings. The summed E-state index contributed by atoms with van der Waals surface area (Å²) in [6.07, 6.45) is 1.96. The largest absolute Gasteiger partial charge is 0.304 e. The van der Waals surface area contributed by atoms with Crippen LogP contribution in [0.1, 0.15) is 24.2 Å². The third-order valence-electron chi connectivity index (χ3n) is 2.79. The van der Waals surface area contributed by atoms with Crippen molar-refractivity contribution in [3.8, 4) is 0 Å². The van der Waals surface area contributed by atoms with Gasteiger partial charge in [0.25, 0.3) is 0 Å². The molecule has 1 aromatic heterocycles. The predicted molar refractivity (Wildman–Crippen MR) is 80.3 cm³/mol. The van der Waals surface area contributed by atoms with Crippen molar-refractivity contribution in [1.82, 2.24) is 15.1 Å². The second-order valence-electron chi connectivity index (χ2n) is 4.25. The fraction of sp³-hybridized carbons (Fsp3) is 0.308. The van der Waals surface area contributed by atoms with E-state index >= 15 is 0 Å². The summed E-state index contributed by atoms with van der Waals surface area (Å²) in [4.78, 5) is 0. The lowest BCUT2D eigenvalue weighted by Gasteiger charge is -2.15. The topological polar surface area (TPSA) is 29.9 Å². The molecule has 2 aromatic rings. The molecule has 1 aromatic carbocycles. The van der Waals surface area contributed by atoms with Crippen LogP contribution in [-0.4, -0.2) is 9.78 Å². The van der Waals surface area contributed by atoms with Gasteiger partial charge >= 0.3 is 0 Å². The number of aryl methyl sites for hydroxylation is 1. The zero-order valence-corrected chi connectivity index (χ0v) is 13.5. The van der Waals surface area contributed by atoms with Crippen molar-refractivity contribution in [2.75, 3.05) is 0 Å². The average molecular weight is 373 g/mol. The van der Waals surface area contributed by atoms with Gasteiger partial charge in [0.2, 0.25) is 0 Å². The Kier molecular flexibility index (Phi) is 4.59. The normalized spacial score (nSPS) is 12.7. The molecular weight excluding hydrogens is 358 g/mol. The molecule has 0 saturated heterocycles. The van der Waals surface area contributed by atoms with Crippen LogP contribution >= 0.6 is 31.9 Å². The summed E-state index contributed by atoms with van der Waals surface area (Å²) in [6, 6.07) is 8.53. The second-order valence-corrected chi connectivity index (χ2v) is 6.02. The van der Waals surface area contributed by atoms with Crippen molar-refractivity contribution in [1.29, 1.82) is 0 Å². The number of rotatable bonds is 4. The Labute approximate surface area is 124 Å². The zero-order valence-electron chi connectivity index (χ0n) is 10.3. The number of halogens is 2. The van der Waals surface area contributed by atoms with E-state index in [1.165, 1.54) is 5.56 Å². The van der Waals surface area contributed by atoms with Crippen LogP contribution in [0.25, 0.3) is 0 Å². The molecule has 0 spiro atoms. The van der Waals surface area contributed by atoms with E-state index in [9.17, 15) is 0 Å². The lowest BCUT2D eigenvalue weighted by Crippen LogP contribution is -2.18. The maximum atomic E-state index is 4.35.